The van der Waals surface area contributed by atoms with Gasteiger partial charge in [-0.15, -0.1) is 0 Å². The highest BCUT2D eigenvalue weighted by molar-refractivity contribution is 5.76. The predicted molar refractivity (Wildman–Crippen MR) is 57.0 cm³/mol. The molecule has 0 saturated heterocycles. The van der Waals surface area contributed by atoms with Crippen molar-refractivity contribution in [1.82, 2.24) is 10.6 Å². The lowest BCUT2D eigenvalue weighted by atomic mass is 10.0. The molecule has 1 fully saturated rings. The zero-order valence-corrected chi connectivity index (χ0v) is 9.32. The number of carboxylic acids is 1. The fourth-order valence-corrected chi connectivity index (χ4v) is 1.44. The number of amides is 2. The summed E-state index contributed by atoms with van der Waals surface area (Å²) in [6, 6.07) is -0.431. The molecule has 1 atom stereocenters. The highest BCUT2D eigenvalue weighted by atomic mass is 16.4. The number of rotatable bonds is 6. The molecule has 1 rings (SSSR count). The monoisotopic (exact) mass is 230 g/mol. The van der Waals surface area contributed by atoms with E-state index in [0.717, 1.165) is 19.3 Å². The number of aliphatic carboxylic acids is 1. The maximum absolute atomic E-state index is 11.2. The molecule has 4 N–H and O–H groups in total. The first kappa shape index (κ1) is 12.8. The predicted octanol–water partition coefficient (Wildman–Crippen LogP) is -0.0787. The van der Waals surface area contributed by atoms with Crippen LogP contribution in [0, 0.1) is 5.41 Å². The third-order valence-electron chi connectivity index (χ3n) is 3.07. The van der Waals surface area contributed by atoms with Gasteiger partial charge in [0.25, 0.3) is 0 Å². The molecule has 16 heavy (non-hydrogen) atoms. The summed E-state index contributed by atoms with van der Waals surface area (Å²) in [5.41, 5.74) is 0.253. The van der Waals surface area contributed by atoms with Crippen molar-refractivity contribution in [2.75, 3.05) is 13.1 Å². The second-order valence-electron chi connectivity index (χ2n) is 4.27. The van der Waals surface area contributed by atoms with E-state index in [9.17, 15) is 9.59 Å². The topological polar surface area (TPSA) is 98.7 Å². The number of urea groups is 1. The van der Waals surface area contributed by atoms with Crippen LogP contribution in [-0.4, -0.2) is 41.4 Å². The molecule has 0 spiro atoms. The third-order valence-corrected chi connectivity index (χ3v) is 3.07. The van der Waals surface area contributed by atoms with Crippen LogP contribution >= 0.6 is 0 Å². The number of aliphatic hydroxyl groups is 1. The lowest BCUT2D eigenvalue weighted by Gasteiger charge is -2.14. The van der Waals surface area contributed by atoms with Crippen LogP contribution in [0.2, 0.25) is 0 Å². The smallest absolute Gasteiger partial charge is 0.334 e. The number of aliphatic hydroxyl groups excluding tert-OH is 1. The van der Waals surface area contributed by atoms with Gasteiger partial charge in [-0.25, -0.2) is 9.59 Å². The van der Waals surface area contributed by atoms with E-state index in [-0.39, 0.29) is 12.0 Å². The van der Waals surface area contributed by atoms with Gasteiger partial charge in [0.1, 0.15) is 0 Å². The van der Waals surface area contributed by atoms with Gasteiger partial charge < -0.3 is 20.8 Å². The summed E-state index contributed by atoms with van der Waals surface area (Å²) in [6.45, 7) is 2.42. The summed E-state index contributed by atoms with van der Waals surface area (Å²) < 4.78 is 0. The van der Waals surface area contributed by atoms with Crippen LogP contribution in [0.4, 0.5) is 4.79 Å². The number of carbonyl (C=O) groups is 2. The van der Waals surface area contributed by atoms with E-state index in [1.54, 1.807) is 0 Å². The summed E-state index contributed by atoms with van der Waals surface area (Å²) in [4.78, 5) is 21.5. The van der Waals surface area contributed by atoms with Gasteiger partial charge in [0.05, 0.1) is 6.54 Å². The van der Waals surface area contributed by atoms with Crippen LogP contribution in [0.1, 0.15) is 26.2 Å². The fourth-order valence-electron chi connectivity index (χ4n) is 1.44. The Morgan fingerprint density at radius 2 is 2.00 bits per heavy atom. The number of hydrogen-bond acceptors (Lipinski definition) is 3. The van der Waals surface area contributed by atoms with Crippen molar-refractivity contribution < 1.29 is 19.8 Å². The van der Waals surface area contributed by atoms with E-state index in [0.29, 0.717) is 6.54 Å². The first-order valence-electron chi connectivity index (χ1n) is 5.42. The normalized spacial score (nSPS) is 18.6. The van der Waals surface area contributed by atoms with Crippen molar-refractivity contribution in [2.24, 2.45) is 5.41 Å². The van der Waals surface area contributed by atoms with Crippen molar-refractivity contribution in [3.8, 4) is 0 Å². The van der Waals surface area contributed by atoms with Gasteiger partial charge in [-0.1, -0.05) is 6.92 Å². The van der Waals surface area contributed by atoms with E-state index < -0.39 is 18.1 Å². The molecule has 2 amide bonds. The Bertz CT molecular complexity index is 276. The van der Waals surface area contributed by atoms with E-state index in [1.165, 1.54) is 0 Å². The highest BCUT2D eigenvalue weighted by Gasteiger charge is 2.40. The molecule has 1 aliphatic rings. The van der Waals surface area contributed by atoms with Crippen LogP contribution in [0.25, 0.3) is 0 Å². The molecule has 0 radical (unpaired) electrons. The maximum atomic E-state index is 11.2. The lowest BCUT2D eigenvalue weighted by molar-refractivity contribution is -0.146. The number of nitrogens with one attached hydrogen (secondary N) is 2. The summed E-state index contributed by atoms with van der Waals surface area (Å²) >= 11 is 0. The molecule has 0 aromatic rings. The van der Waals surface area contributed by atoms with Gasteiger partial charge in [0.15, 0.2) is 6.10 Å². The largest absolute Gasteiger partial charge is 0.479 e. The summed E-state index contributed by atoms with van der Waals surface area (Å²) in [5.74, 6) is -1.34. The van der Waals surface area contributed by atoms with Gasteiger partial charge in [-0.05, 0) is 24.7 Å². The Balaban J connectivity index is 2.14. The minimum atomic E-state index is -1.55. The fraction of sp³-hybridized carbons (Fsp3) is 0.800. The minimum absolute atomic E-state index is 0.253. The molecule has 1 saturated carbocycles. The summed E-state index contributed by atoms with van der Waals surface area (Å²) in [7, 11) is 0. The Kier molecular flexibility index (Phi) is 4.12. The molecule has 6 nitrogen and oxygen atoms in total. The number of hydrogen-bond donors (Lipinski definition) is 4. The van der Waals surface area contributed by atoms with Crippen molar-refractivity contribution >= 4 is 12.0 Å². The van der Waals surface area contributed by atoms with Crippen molar-refractivity contribution in [3.05, 3.63) is 0 Å². The molecule has 0 aromatic heterocycles. The molecule has 6 heteroatoms. The number of carbonyl (C=O) groups excluding carboxylic acids is 1. The zero-order valence-electron chi connectivity index (χ0n) is 9.32. The third kappa shape index (κ3) is 3.69. The molecule has 0 heterocycles. The van der Waals surface area contributed by atoms with Gasteiger partial charge in [0.2, 0.25) is 0 Å². The van der Waals surface area contributed by atoms with Crippen molar-refractivity contribution in [3.63, 3.8) is 0 Å². The first-order chi connectivity index (χ1) is 7.49. The van der Waals surface area contributed by atoms with Gasteiger partial charge in [-0.3, -0.25) is 0 Å². The van der Waals surface area contributed by atoms with Crippen LogP contribution in [-0.2, 0) is 4.79 Å². The quantitative estimate of drug-likeness (QED) is 0.513. The molecule has 1 aliphatic carbocycles. The van der Waals surface area contributed by atoms with E-state index in [4.69, 9.17) is 10.2 Å². The van der Waals surface area contributed by atoms with Gasteiger partial charge in [0, 0.05) is 6.54 Å². The van der Waals surface area contributed by atoms with Crippen molar-refractivity contribution in [2.45, 2.75) is 32.3 Å². The van der Waals surface area contributed by atoms with Crippen LogP contribution in [0.15, 0.2) is 0 Å². The molecular formula is C10H18N2O4. The molecule has 0 aliphatic heterocycles. The molecular weight excluding hydrogens is 212 g/mol. The molecule has 0 aromatic carbocycles. The van der Waals surface area contributed by atoms with E-state index in [1.807, 2.05) is 0 Å². The lowest BCUT2D eigenvalue weighted by Crippen LogP contribution is -2.43. The van der Waals surface area contributed by atoms with Gasteiger partial charge >= 0.3 is 12.0 Å². The van der Waals surface area contributed by atoms with E-state index >= 15 is 0 Å². The Labute approximate surface area is 94.0 Å². The molecule has 0 unspecified atom stereocenters. The Hall–Kier alpha value is -1.30. The maximum Gasteiger partial charge on any atom is 0.334 e. The molecule has 0 bridgehead atoms. The Morgan fingerprint density at radius 1 is 1.38 bits per heavy atom. The molecule has 92 valence electrons. The number of carboxylic acid groups (broad SMARTS) is 1. The SMILES string of the molecule is CCC1(CNC(=O)NC[C@H](O)C(=O)O)CC1. The second-order valence-corrected chi connectivity index (χ2v) is 4.27. The summed E-state index contributed by atoms with van der Waals surface area (Å²) in [5, 5.41) is 22.3. The first-order valence-corrected chi connectivity index (χ1v) is 5.42. The average Bonchev–Trinajstić information content (AvgIpc) is 3.03. The average molecular weight is 230 g/mol. The minimum Gasteiger partial charge on any atom is -0.479 e. The standard InChI is InChI=1S/C10H18N2O4/c1-2-10(3-4-10)6-12-9(16)11-5-7(13)8(14)15/h7,13H,2-6H2,1H3,(H,14,15)(H2,11,12,16)/t7-/m0/s1. The summed E-state index contributed by atoms with van der Waals surface area (Å²) in [6.07, 6.45) is 1.74. The van der Waals surface area contributed by atoms with E-state index in [2.05, 4.69) is 17.6 Å². The Morgan fingerprint density at radius 3 is 2.44 bits per heavy atom. The highest BCUT2D eigenvalue weighted by Crippen LogP contribution is 2.47. The van der Waals surface area contributed by atoms with Crippen LogP contribution in [0.3, 0.4) is 0 Å². The second kappa shape index (κ2) is 5.16. The van der Waals surface area contributed by atoms with Gasteiger partial charge in [-0.2, -0.15) is 0 Å². The zero-order chi connectivity index (χ0) is 12.2. The van der Waals surface area contributed by atoms with Crippen LogP contribution < -0.4 is 10.6 Å². The van der Waals surface area contributed by atoms with Crippen LogP contribution in [0.5, 0.6) is 0 Å². The van der Waals surface area contributed by atoms with Crippen molar-refractivity contribution in [1.29, 1.82) is 0 Å².